The molecule has 1 fully saturated rings. The van der Waals surface area contributed by atoms with E-state index in [-0.39, 0.29) is 0 Å². The van der Waals surface area contributed by atoms with Gasteiger partial charge < -0.3 is 15.4 Å². The van der Waals surface area contributed by atoms with Crippen LogP contribution in [0.25, 0.3) is 0 Å². The first kappa shape index (κ1) is 14.7. The third-order valence-electron chi connectivity index (χ3n) is 3.06. The molecule has 0 spiro atoms. The molecule has 6 heteroatoms. The topological polar surface area (TPSA) is 59.1 Å². The summed E-state index contributed by atoms with van der Waals surface area (Å²) in [6.07, 6.45) is 2.05. The van der Waals surface area contributed by atoms with E-state index in [0.29, 0.717) is 18.0 Å². The van der Waals surface area contributed by atoms with Gasteiger partial charge in [-0.2, -0.15) is 0 Å². The summed E-state index contributed by atoms with van der Waals surface area (Å²) in [5.74, 6) is 0.627. The molecule has 0 bridgehead atoms. The Morgan fingerprint density at radius 3 is 2.95 bits per heavy atom. The summed E-state index contributed by atoms with van der Waals surface area (Å²) in [5.41, 5.74) is 0. The van der Waals surface area contributed by atoms with Crippen molar-refractivity contribution < 1.29 is 4.74 Å². The van der Waals surface area contributed by atoms with E-state index in [0.717, 1.165) is 42.7 Å². The van der Waals surface area contributed by atoms with E-state index in [4.69, 9.17) is 4.74 Å². The summed E-state index contributed by atoms with van der Waals surface area (Å²) in [6.45, 7) is 9.17. The Hall–Kier alpha value is -0.720. The summed E-state index contributed by atoms with van der Waals surface area (Å²) >= 11 is 1.67. The highest BCUT2D eigenvalue weighted by Gasteiger charge is 2.17. The van der Waals surface area contributed by atoms with Crippen LogP contribution >= 0.6 is 11.3 Å². The van der Waals surface area contributed by atoms with Crippen molar-refractivity contribution in [3.05, 3.63) is 5.01 Å². The summed E-state index contributed by atoms with van der Waals surface area (Å²) in [4.78, 5) is 0. The lowest BCUT2D eigenvalue weighted by molar-refractivity contribution is 0.0731. The number of aromatic nitrogens is 2. The zero-order valence-electron chi connectivity index (χ0n) is 12.0. The first-order chi connectivity index (χ1) is 9.13. The van der Waals surface area contributed by atoms with E-state index in [1.165, 1.54) is 0 Å². The van der Waals surface area contributed by atoms with Gasteiger partial charge in [-0.25, -0.2) is 0 Å². The second-order valence-corrected chi connectivity index (χ2v) is 6.67. The molecule has 2 rings (SSSR count). The number of anilines is 1. The fourth-order valence-corrected chi connectivity index (χ4v) is 3.27. The van der Waals surface area contributed by atoms with Crippen LogP contribution in [0.2, 0.25) is 0 Å². The molecule has 0 amide bonds. The van der Waals surface area contributed by atoms with Gasteiger partial charge in [-0.15, -0.1) is 10.2 Å². The maximum absolute atomic E-state index is 5.47. The van der Waals surface area contributed by atoms with Gasteiger partial charge in [0.1, 0.15) is 5.01 Å². The Labute approximate surface area is 119 Å². The number of ether oxygens (including phenoxy) is 1. The summed E-state index contributed by atoms with van der Waals surface area (Å²) in [5, 5.41) is 17.4. The molecule has 0 saturated carbocycles. The maximum Gasteiger partial charge on any atom is 0.205 e. The smallest absolute Gasteiger partial charge is 0.205 e. The highest BCUT2D eigenvalue weighted by Crippen LogP contribution is 2.19. The van der Waals surface area contributed by atoms with E-state index in [1.54, 1.807) is 11.3 Å². The number of rotatable bonds is 6. The molecule has 2 unspecified atom stereocenters. The van der Waals surface area contributed by atoms with Gasteiger partial charge in [-0.3, -0.25) is 0 Å². The average molecular weight is 284 g/mol. The van der Waals surface area contributed by atoms with Crippen LogP contribution in [0.3, 0.4) is 0 Å². The standard InChI is InChI=1S/C13H24N4OS/c1-9(2)6-12-16-17-13(19-12)15-10(3)7-11-8-18-5-4-14-11/h9-11,14H,4-8H2,1-3H3,(H,15,17). The molecule has 1 aliphatic heterocycles. The second kappa shape index (κ2) is 7.17. The van der Waals surface area contributed by atoms with Gasteiger partial charge in [0.25, 0.3) is 0 Å². The molecule has 108 valence electrons. The number of hydrogen-bond donors (Lipinski definition) is 2. The average Bonchev–Trinajstić information content (AvgIpc) is 2.76. The first-order valence-corrected chi connectivity index (χ1v) is 7.85. The van der Waals surface area contributed by atoms with Gasteiger partial charge in [0.2, 0.25) is 5.13 Å². The predicted octanol–water partition coefficient (Wildman–Crippen LogP) is 1.92. The van der Waals surface area contributed by atoms with Gasteiger partial charge in [-0.05, 0) is 19.3 Å². The van der Waals surface area contributed by atoms with Gasteiger partial charge in [0.05, 0.1) is 13.2 Å². The lowest BCUT2D eigenvalue weighted by atomic mass is 10.1. The van der Waals surface area contributed by atoms with Crippen LogP contribution in [0.15, 0.2) is 0 Å². The van der Waals surface area contributed by atoms with E-state index >= 15 is 0 Å². The maximum atomic E-state index is 5.47. The third kappa shape index (κ3) is 5.04. The van der Waals surface area contributed by atoms with Gasteiger partial charge in [-0.1, -0.05) is 25.2 Å². The van der Waals surface area contributed by atoms with E-state index in [9.17, 15) is 0 Å². The van der Waals surface area contributed by atoms with Crippen LogP contribution in [-0.4, -0.2) is 42.0 Å². The molecule has 1 aliphatic rings. The molecule has 0 aromatic carbocycles. The Bertz CT molecular complexity index is 376. The van der Waals surface area contributed by atoms with Crippen LogP contribution < -0.4 is 10.6 Å². The van der Waals surface area contributed by atoms with E-state index < -0.39 is 0 Å². The fraction of sp³-hybridized carbons (Fsp3) is 0.846. The van der Waals surface area contributed by atoms with Crippen LogP contribution in [0, 0.1) is 5.92 Å². The van der Waals surface area contributed by atoms with E-state index in [1.807, 2.05) is 0 Å². The molecular weight excluding hydrogens is 260 g/mol. The van der Waals surface area contributed by atoms with Crippen LogP contribution in [-0.2, 0) is 11.2 Å². The van der Waals surface area contributed by atoms with E-state index in [2.05, 4.69) is 41.6 Å². The predicted molar refractivity (Wildman–Crippen MR) is 78.8 cm³/mol. The molecule has 2 heterocycles. The number of hydrogen-bond acceptors (Lipinski definition) is 6. The summed E-state index contributed by atoms with van der Waals surface area (Å²) < 4.78 is 5.47. The van der Waals surface area contributed by atoms with Crippen molar-refractivity contribution in [3.63, 3.8) is 0 Å². The summed E-state index contributed by atoms with van der Waals surface area (Å²) in [7, 11) is 0. The highest BCUT2D eigenvalue weighted by atomic mass is 32.1. The normalized spacial score (nSPS) is 21.6. The van der Waals surface area contributed by atoms with Crippen molar-refractivity contribution in [2.75, 3.05) is 25.1 Å². The summed E-state index contributed by atoms with van der Waals surface area (Å²) in [6, 6.07) is 0.818. The molecule has 2 atom stereocenters. The molecule has 1 aromatic heterocycles. The van der Waals surface area contributed by atoms with Crippen LogP contribution in [0.5, 0.6) is 0 Å². The second-order valence-electron chi connectivity index (χ2n) is 5.61. The molecule has 1 saturated heterocycles. The van der Waals surface area contributed by atoms with Crippen LogP contribution in [0.4, 0.5) is 5.13 Å². The van der Waals surface area contributed by atoms with Crippen molar-refractivity contribution in [2.24, 2.45) is 5.92 Å². The van der Waals surface area contributed by atoms with Crippen molar-refractivity contribution >= 4 is 16.5 Å². The Balaban J connectivity index is 1.77. The number of nitrogens with one attached hydrogen (secondary N) is 2. The minimum atomic E-state index is 0.374. The Morgan fingerprint density at radius 1 is 1.42 bits per heavy atom. The zero-order valence-corrected chi connectivity index (χ0v) is 12.8. The fourth-order valence-electron chi connectivity index (χ4n) is 2.21. The Kier molecular flexibility index (Phi) is 5.54. The van der Waals surface area contributed by atoms with Crippen molar-refractivity contribution in [2.45, 2.75) is 45.7 Å². The molecule has 5 nitrogen and oxygen atoms in total. The highest BCUT2D eigenvalue weighted by molar-refractivity contribution is 7.15. The number of morpholine rings is 1. The molecule has 1 aromatic rings. The third-order valence-corrected chi connectivity index (χ3v) is 3.93. The number of nitrogens with zero attached hydrogens (tertiary/aromatic N) is 2. The lowest BCUT2D eigenvalue weighted by Crippen LogP contribution is -2.43. The largest absolute Gasteiger partial charge is 0.379 e. The minimum Gasteiger partial charge on any atom is -0.379 e. The van der Waals surface area contributed by atoms with Crippen molar-refractivity contribution in [1.82, 2.24) is 15.5 Å². The Morgan fingerprint density at radius 2 is 2.26 bits per heavy atom. The molecule has 0 aliphatic carbocycles. The van der Waals surface area contributed by atoms with Crippen molar-refractivity contribution in [3.8, 4) is 0 Å². The van der Waals surface area contributed by atoms with Gasteiger partial charge >= 0.3 is 0 Å². The monoisotopic (exact) mass is 284 g/mol. The van der Waals surface area contributed by atoms with Gasteiger partial charge in [0, 0.05) is 25.0 Å². The SMILES string of the molecule is CC(C)Cc1nnc(NC(C)CC2COCCN2)s1. The van der Waals surface area contributed by atoms with Crippen LogP contribution in [0.1, 0.15) is 32.2 Å². The lowest BCUT2D eigenvalue weighted by Gasteiger charge is -2.26. The van der Waals surface area contributed by atoms with Crippen molar-refractivity contribution in [1.29, 1.82) is 0 Å². The molecule has 2 N–H and O–H groups in total. The zero-order chi connectivity index (χ0) is 13.7. The van der Waals surface area contributed by atoms with Gasteiger partial charge in [0.15, 0.2) is 0 Å². The quantitative estimate of drug-likeness (QED) is 0.836. The minimum absolute atomic E-state index is 0.374. The molecule has 0 radical (unpaired) electrons. The molecule has 19 heavy (non-hydrogen) atoms. The molecular formula is C13H24N4OS. The first-order valence-electron chi connectivity index (χ1n) is 7.03.